The van der Waals surface area contributed by atoms with E-state index in [0.717, 1.165) is 73.8 Å². The van der Waals surface area contributed by atoms with Crippen molar-refractivity contribution in [1.82, 2.24) is 15.6 Å². The SMILES string of the molecule is [2H]C1=C2C=C(c3ccnc(-c4ccc(N5CCNCC5)cc4F)c3)N=C2C2(CC2)CN1. The highest BCUT2D eigenvalue weighted by Gasteiger charge is 2.50. The monoisotopic (exact) mass is 402 g/mol. The minimum atomic E-state index is -0.265. The van der Waals surface area contributed by atoms with Crippen molar-refractivity contribution in [2.24, 2.45) is 10.4 Å². The third kappa shape index (κ3) is 2.94. The van der Waals surface area contributed by atoms with Crippen molar-refractivity contribution < 1.29 is 5.76 Å². The Balaban J connectivity index is 1.33. The van der Waals surface area contributed by atoms with Gasteiger partial charge in [-0.2, -0.15) is 0 Å². The predicted octanol–water partition coefficient (Wildman–Crippen LogP) is 3.36. The van der Waals surface area contributed by atoms with Crippen LogP contribution in [0.4, 0.5) is 10.1 Å². The van der Waals surface area contributed by atoms with Crippen LogP contribution in [0.25, 0.3) is 17.0 Å². The quantitative estimate of drug-likeness (QED) is 0.827. The van der Waals surface area contributed by atoms with E-state index in [2.05, 4.69) is 20.5 Å². The number of halogens is 1. The molecule has 2 aromatic rings. The Morgan fingerprint density at radius 3 is 2.80 bits per heavy atom. The van der Waals surface area contributed by atoms with Crippen LogP contribution in [0.5, 0.6) is 0 Å². The second-order valence-electron chi connectivity index (χ2n) is 8.49. The highest BCUT2D eigenvalue weighted by atomic mass is 19.1. The summed E-state index contributed by atoms with van der Waals surface area (Å²) in [6.07, 6.45) is 6.35. The summed E-state index contributed by atoms with van der Waals surface area (Å²) >= 11 is 0. The number of aliphatic imine (C=N–C) groups is 1. The van der Waals surface area contributed by atoms with Gasteiger partial charge in [-0.15, -0.1) is 0 Å². The molecule has 2 N–H and O–H groups in total. The Hall–Kier alpha value is -2.99. The number of aromatic nitrogens is 1. The standard InChI is InChI=1S/C24H24FN5/c25-20-13-18(30-9-7-26-8-10-30)1-2-19(20)22-11-16(3-6-28-22)21-12-17-14-27-15-24(4-5-24)23(17)29-21/h1-3,6,11-14,26-27H,4-5,7-10,15H2/i14D. The zero-order valence-electron chi connectivity index (χ0n) is 17.7. The summed E-state index contributed by atoms with van der Waals surface area (Å²) in [6, 6.07) is 9.20. The van der Waals surface area contributed by atoms with E-state index >= 15 is 4.39 Å². The topological polar surface area (TPSA) is 52.6 Å². The normalized spacial score (nSPS) is 22.3. The van der Waals surface area contributed by atoms with E-state index in [1.807, 2.05) is 30.3 Å². The van der Waals surface area contributed by atoms with Gasteiger partial charge >= 0.3 is 0 Å². The van der Waals surface area contributed by atoms with Crippen molar-refractivity contribution in [3.63, 3.8) is 0 Å². The number of allylic oxidation sites excluding steroid dienone is 2. The number of benzene rings is 1. The van der Waals surface area contributed by atoms with Gasteiger partial charge in [0.2, 0.25) is 0 Å². The number of hydrogen-bond donors (Lipinski definition) is 2. The van der Waals surface area contributed by atoms with Crippen molar-refractivity contribution in [3.05, 3.63) is 65.7 Å². The summed E-state index contributed by atoms with van der Waals surface area (Å²) in [6.45, 7) is 4.38. The van der Waals surface area contributed by atoms with Crippen molar-refractivity contribution in [2.45, 2.75) is 12.8 Å². The van der Waals surface area contributed by atoms with Crippen molar-refractivity contribution >= 4 is 17.1 Å². The molecule has 4 aliphatic rings. The van der Waals surface area contributed by atoms with Crippen molar-refractivity contribution in [1.29, 1.82) is 0 Å². The van der Waals surface area contributed by atoms with Gasteiger partial charge in [-0.25, -0.2) is 4.39 Å². The van der Waals surface area contributed by atoms with Crippen LogP contribution in [0.1, 0.15) is 19.8 Å². The van der Waals surface area contributed by atoms with Gasteiger partial charge in [0.25, 0.3) is 0 Å². The van der Waals surface area contributed by atoms with Gasteiger partial charge in [-0.05, 0) is 49.2 Å². The second-order valence-corrected chi connectivity index (χ2v) is 8.49. The van der Waals surface area contributed by atoms with Crippen LogP contribution in [-0.2, 0) is 0 Å². The zero-order valence-corrected chi connectivity index (χ0v) is 16.7. The molecule has 1 aromatic carbocycles. The Morgan fingerprint density at radius 1 is 1.13 bits per heavy atom. The number of hydrogen-bond acceptors (Lipinski definition) is 5. The minimum Gasteiger partial charge on any atom is -0.389 e. The first kappa shape index (κ1) is 16.8. The molecule has 0 unspecified atom stereocenters. The van der Waals surface area contributed by atoms with E-state index in [-0.39, 0.29) is 11.2 Å². The van der Waals surface area contributed by atoms with E-state index in [4.69, 9.17) is 6.36 Å². The van der Waals surface area contributed by atoms with Crippen LogP contribution in [0.3, 0.4) is 0 Å². The fraction of sp³-hybridized carbons (Fsp3) is 0.333. The number of piperazine rings is 1. The first-order valence-corrected chi connectivity index (χ1v) is 10.6. The third-order valence-electron chi connectivity index (χ3n) is 6.54. The van der Waals surface area contributed by atoms with E-state index in [9.17, 15) is 0 Å². The van der Waals surface area contributed by atoms with E-state index in [0.29, 0.717) is 17.4 Å². The van der Waals surface area contributed by atoms with Gasteiger partial charge in [0, 0.05) is 72.9 Å². The van der Waals surface area contributed by atoms with E-state index in [1.165, 1.54) is 0 Å². The molecule has 152 valence electrons. The van der Waals surface area contributed by atoms with Crippen LogP contribution in [0.15, 0.2) is 59.3 Å². The molecule has 3 aliphatic heterocycles. The number of nitrogens with zero attached hydrogens (tertiary/aromatic N) is 3. The maximum atomic E-state index is 15.0. The molecular formula is C24H24FN5. The van der Waals surface area contributed by atoms with Gasteiger partial charge in [0.1, 0.15) is 5.82 Å². The van der Waals surface area contributed by atoms with E-state index < -0.39 is 0 Å². The number of fused-ring (bicyclic) bond motifs is 2. The second kappa shape index (κ2) is 6.77. The fourth-order valence-electron chi connectivity index (χ4n) is 4.59. The van der Waals surface area contributed by atoms with Crippen LogP contribution in [0.2, 0.25) is 0 Å². The molecule has 2 fully saturated rings. The lowest BCUT2D eigenvalue weighted by molar-refractivity contribution is 0.585. The lowest BCUT2D eigenvalue weighted by atomic mass is 9.92. The average Bonchev–Trinajstić information content (AvgIpc) is 3.43. The molecular weight excluding hydrogens is 377 g/mol. The minimum absolute atomic E-state index is 0.0971. The Bertz CT molecular complexity index is 1160. The van der Waals surface area contributed by atoms with Gasteiger partial charge in [-0.1, -0.05) is 0 Å². The molecule has 0 radical (unpaired) electrons. The summed E-state index contributed by atoms with van der Waals surface area (Å²) in [4.78, 5) is 11.5. The number of anilines is 1. The lowest BCUT2D eigenvalue weighted by Crippen LogP contribution is -2.43. The van der Waals surface area contributed by atoms with Crippen LogP contribution in [0, 0.1) is 11.2 Å². The Morgan fingerprint density at radius 2 is 2.00 bits per heavy atom. The predicted molar refractivity (Wildman–Crippen MR) is 118 cm³/mol. The average molecular weight is 402 g/mol. The number of pyridine rings is 1. The first-order valence-electron chi connectivity index (χ1n) is 11.1. The molecule has 30 heavy (non-hydrogen) atoms. The number of rotatable bonds is 3. The summed E-state index contributed by atoms with van der Waals surface area (Å²) in [7, 11) is 0. The molecule has 5 nitrogen and oxygen atoms in total. The number of nitrogens with one attached hydrogen (secondary N) is 2. The molecule has 0 bridgehead atoms. The van der Waals surface area contributed by atoms with E-state index in [1.54, 1.807) is 12.3 Å². The van der Waals surface area contributed by atoms with Crippen LogP contribution >= 0.6 is 0 Å². The Labute approximate surface area is 176 Å². The zero-order chi connectivity index (χ0) is 21.0. The van der Waals surface area contributed by atoms with Gasteiger partial charge in [0.15, 0.2) is 0 Å². The molecule has 0 atom stereocenters. The molecule has 1 spiro atoms. The molecule has 4 heterocycles. The molecule has 6 heteroatoms. The molecule has 0 amide bonds. The maximum absolute atomic E-state index is 15.0. The van der Waals surface area contributed by atoms with Gasteiger partial charge in [0.05, 0.1) is 18.5 Å². The third-order valence-corrected chi connectivity index (χ3v) is 6.54. The van der Waals surface area contributed by atoms with Crippen molar-refractivity contribution in [3.8, 4) is 11.3 Å². The summed E-state index contributed by atoms with van der Waals surface area (Å²) < 4.78 is 23.3. The largest absolute Gasteiger partial charge is 0.389 e. The summed E-state index contributed by atoms with van der Waals surface area (Å²) in [5.41, 5.74) is 5.74. The fourth-order valence-corrected chi connectivity index (χ4v) is 4.59. The molecule has 1 aliphatic carbocycles. The van der Waals surface area contributed by atoms with Gasteiger partial charge in [-0.3, -0.25) is 9.98 Å². The van der Waals surface area contributed by atoms with Crippen LogP contribution in [-0.4, -0.2) is 43.4 Å². The van der Waals surface area contributed by atoms with Crippen molar-refractivity contribution in [2.75, 3.05) is 37.6 Å². The van der Waals surface area contributed by atoms with Crippen LogP contribution < -0.4 is 15.5 Å². The highest BCUT2D eigenvalue weighted by Crippen LogP contribution is 2.52. The Kier molecular flexibility index (Phi) is 3.79. The lowest BCUT2D eigenvalue weighted by Gasteiger charge is -2.29. The molecule has 1 aromatic heterocycles. The molecule has 6 rings (SSSR count). The first-order chi connectivity index (χ1) is 15.1. The summed E-state index contributed by atoms with van der Waals surface area (Å²) in [5, 5.41) is 6.53. The highest BCUT2D eigenvalue weighted by molar-refractivity contribution is 6.15. The van der Waals surface area contributed by atoms with Gasteiger partial charge < -0.3 is 15.5 Å². The molecule has 1 saturated heterocycles. The summed E-state index contributed by atoms with van der Waals surface area (Å²) in [5.74, 6) is -0.265. The smallest absolute Gasteiger partial charge is 0.134 e. The molecule has 1 saturated carbocycles. The maximum Gasteiger partial charge on any atom is 0.134 e.